The minimum atomic E-state index is -1.00. The molecule has 0 radical (unpaired) electrons. The molecule has 1 amide bonds. The third kappa shape index (κ3) is 4.84. The van der Waals surface area contributed by atoms with Crippen LogP contribution < -0.4 is 11.1 Å². The molecule has 0 saturated heterocycles. The van der Waals surface area contributed by atoms with Crippen LogP contribution in [0.5, 0.6) is 0 Å². The van der Waals surface area contributed by atoms with Crippen LogP contribution in [-0.2, 0) is 0 Å². The van der Waals surface area contributed by atoms with Gasteiger partial charge in [-0.05, 0) is 31.4 Å². The molecule has 19 heavy (non-hydrogen) atoms. The molecule has 1 rings (SSSR count). The van der Waals surface area contributed by atoms with Crippen LogP contribution in [0.2, 0.25) is 0 Å². The van der Waals surface area contributed by atoms with Crippen molar-refractivity contribution >= 4 is 11.7 Å². The molecule has 0 bridgehead atoms. The van der Waals surface area contributed by atoms with Gasteiger partial charge in [0.2, 0.25) is 0 Å². The Hall–Kier alpha value is -1.66. The van der Waals surface area contributed by atoms with Crippen molar-refractivity contribution in [2.24, 2.45) is 0 Å². The number of carbonyl (C=O) groups is 1. The van der Waals surface area contributed by atoms with Crippen LogP contribution in [0.1, 0.15) is 36.7 Å². The quantitative estimate of drug-likeness (QED) is 0.568. The number of carbonyl (C=O) groups excluding carboxylic acids is 1. The summed E-state index contributed by atoms with van der Waals surface area (Å²) in [6.45, 7) is 1.98. The normalized spacial score (nSPS) is 13.8. The number of hydrogen-bond acceptors (Lipinski definition) is 5. The van der Waals surface area contributed by atoms with E-state index >= 15 is 0 Å². The van der Waals surface area contributed by atoms with Crippen molar-refractivity contribution in [3.8, 4) is 0 Å². The fraction of sp³-hybridized carbons (Fsp3) is 0.538. The van der Waals surface area contributed by atoms with Crippen molar-refractivity contribution in [2.45, 2.75) is 31.8 Å². The Morgan fingerprint density at radius 1 is 1.53 bits per heavy atom. The summed E-state index contributed by atoms with van der Waals surface area (Å²) in [4.78, 5) is 15.7. The number of nitrogens with zero attached hydrogens (tertiary/aromatic N) is 1. The smallest absolute Gasteiger partial charge is 0.270 e. The molecule has 5 N–H and O–H groups in total. The first-order chi connectivity index (χ1) is 9.00. The van der Waals surface area contributed by atoms with Crippen LogP contribution in [0.4, 0.5) is 5.82 Å². The van der Waals surface area contributed by atoms with Gasteiger partial charge in [-0.25, -0.2) is 4.98 Å². The number of aromatic nitrogens is 1. The van der Waals surface area contributed by atoms with E-state index in [-0.39, 0.29) is 30.6 Å². The number of nitrogen functional groups attached to an aromatic ring is 1. The van der Waals surface area contributed by atoms with Gasteiger partial charge in [0, 0.05) is 13.2 Å². The molecule has 106 valence electrons. The highest BCUT2D eigenvalue weighted by atomic mass is 16.3. The minimum absolute atomic E-state index is 0.0209. The number of aliphatic hydroxyl groups is 2. The summed E-state index contributed by atoms with van der Waals surface area (Å²) in [5, 5.41) is 21.7. The second-order valence-corrected chi connectivity index (χ2v) is 4.54. The molecule has 6 nitrogen and oxygen atoms in total. The number of amides is 1. The van der Waals surface area contributed by atoms with Crippen molar-refractivity contribution in [3.05, 3.63) is 23.9 Å². The van der Waals surface area contributed by atoms with Crippen LogP contribution >= 0.6 is 0 Å². The summed E-state index contributed by atoms with van der Waals surface area (Å²) >= 11 is 0. The molecule has 1 atom stereocenters. The second-order valence-electron chi connectivity index (χ2n) is 4.54. The fourth-order valence-electron chi connectivity index (χ4n) is 1.71. The van der Waals surface area contributed by atoms with E-state index in [4.69, 9.17) is 10.8 Å². The summed E-state index contributed by atoms with van der Waals surface area (Å²) in [6.07, 6.45) is 1.43. The van der Waals surface area contributed by atoms with Gasteiger partial charge in [0.15, 0.2) is 0 Å². The maximum Gasteiger partial charge on any atom is 0.270 e. The van der Waals surface area contributed by atoms with E-state index < -0.39 is 5.60 Å². The zero-order chi connectivity index (χ0) is 14.3. The summed E-state index contributed by atoms with van der Waals surface area (Å²) in [6, 6.07) is 4.81. The van der Waals surface area contributed by atoms with Crippen molar-refractivity contribution in [1.82, 2.24) is 10.3 Å². The lowest BCUT2D eigenvalue weighted by Crippen LogP contribution is -2.42. The molecular weight excluding hydrogens is 246 g/mol. The molecule has 0 fully saturated rings. The van der Waals surface area contributed by atoms with Crippen molar-refractivity contribution in [2.75, 3.05) is 18.9 Å². The molecule has 1 aromatic heterocycles. The SMILES string of the molecule is CC[C@](O)(CCCO)CNC(=O)c1cccc(N)n1. The zero-order valence-corrected chi connectivity index (χ0v) is 11.1. The van der Waals surface area contributed by atoms with E-state index in [1.807, 2.05) is 6.92 Å². The Labute approximate surface area is 112 Å². The number of anilines is 1. The first-order valence-electron chi connectivity index (χ1n) is 6.35. The highest BCUT2D eigenvalue weighted by molar-refractivity contribution is 5.92. The summed E-state index contributed by atoms with van der Waals surface area (Å²) < 4.78 is 0. The fourth-order valence-corrected chi connectivity index (χ4v) is 1.71. The predicted molar refractivity (Wildman–Crippen MR) is 72.5 cm³/mol. The minimum Gasteiger partial charge on any atom is -0.396 e. The standard InChI is InChI=1S/C13H21N3O3/c1-2-13(19,7-4-8-17)9-15-12(18)10-5-3-6-11(14)16-10/h3,5-6,17,19H,2,4,7-9H2,1H3,(H2,14,16)(H,15,18)/t13-/m0/s1. The van der Waals surface area contributed by atoms with Crippen molar-refractivity contribution in [3.63, 3.8) is 0 Å². The zero-order valence-electron chi connectivity index (χ0n) is 11.1. The number of aliphatic hydroxyl groups excluding tert-OH is 1. The average Bonchev–Trinajstić information content (AvgIpc) is 2.42. The largest absolute Gasteiger partial charge is 0.396 e. The number of hydrogen-bond donors (Lipinski definition) is 4. The summed E-state index contributed by atoms with van der Waals surface area (Å²) in [5.41, 5.74) is 4.72. The van der Waals surface area contributed by atoms with Gasteiger partial charge in [0.05, 0.1) is 5.60 Å². The molecule has 6 heteroatoms. The van der Waals surface area contributed by atoms with Gasteiger partial charge in [0.25, 0.3) is 5.91 Å². The lowest BCUT2D eigenvalue weighted by atomic mass is 9.94. The molecule has 0 spiro atoms. The molecule has 1 heterocycles. The number of nitrogens with one attached hydrogen (secondary N) is 1. The van der Waals surface area contributed by atoms with Gasteiger partial charge in [-0.3, -0.25) is 4.79 Å². The number of nitrogens with two attached hydrogens (primary N) is 1. The van der Waals surface area contributed by atoms with E-state index in [0.29, 0.717) is 19.3 Å². The van der Waals surface area contributed by atoms with E-state index in [9.17, 15) is 9.90 Å². The van der Waals surface area contributed by atoms with Gasteiger partial charge in [-0.1, -0.05) is 13.0 Å². The number of pyridine rings is 1. The monoisotopic (exact) mass is 267 g/mol. The molecule has 1 aromatic rings. The summed E-state index contributed by atoms with van der Waals surface area (Å²) in [7, 11) is 0. The van der Waals surface area contributed by atoms with E-state index in [1.165, 1.54) is 0 Å². The van der Waals surface area contributed by atoms with Gasteiger partial charge in [0.1, 0.15) is 11.5 Å². The highest BCUT2D eigenvalue weighted by Gasteiger charge is 2.25. The molecule has 0 aliphatic heterocycles. The first-order valence-corrected chi connectivity index (χ1v) is 6.35. The lowest BCUT2D eigenvalue weighted by molar-refractivity contribution is 0.0212. The van der Waals surface area contributed by atoms with Crippen LogP contribution in [0.3, 0.4) is 0 Å². The van der Waals surface area contributed by atoms with E-state index in [1.54, 1.807) is 18.2 Å². The lowest BCUT2D eigenvalue weighted by Gasteiger charge is -2.26. The maximum atomic E-state index is 11.8. The van der Waals surface area contributed by atoms with Gasteiger partial charge in [-0.2, -0.15) is 0 Å². The van der Waals surface area contributed by atoms with Crippen LogP contribution in [0, 0.1) is 0 Å². The number of rotatable bonds is 7. The summed E-state index contributed by atoms with van der Waals surface area (Å²) in [5.74, 6) is -0.0955. The average molecular weight is 267 g/mol. The van der Waals surface area contributed by atoms with Crippen LogP contribution in [0.25, 0.3) is 0 Å². The Morgan fingerprint density at radius 3 is 2.84 bits per heavy atom. The molecule has 0 aliphatic carbocycles. The molecule has 0 unspecified atom stereocenters. The Balaban J connectivity index is 2.57. The van der Waals surface area contributed by atoms with Crippen molar-refractivity contribution < 1.29 is 15.0 Å². The Kier molecular flexibility index (Phi) is 5.72. The maximum absolute atomic E-state index is 11.8. The second kappa shape index (κ2) is 7.06. The van der Waals surface area contributed by atoms with Crippen molar-refractivity contribution in [1.29, 1.82) is 0 Å². The van der Waals surface area contributed by atoms with Crippen LogP contribution in [-0.4, -0.2) is 39.9 Å². The van der Waals surface area contributed by atoms with Gasteiger partial charge in [-0.15, -0.1) is 0 Å². The van der Waals surface area contributed by atoms with Gasteiger partial charge >= 0.3 is 0 Å². The van der Waals surface area contributed by atoms with E-state index in [2.05, 4.69) is 10.3 Å². The highest BCUT2D eigenvalue weighted by Crippen LogP contribution is 2.16. The van der Waals surface area contributed by atoms with E-state index in [0.717, 1.165) is 0 Å². The molecule has 0 aliphatic rings. The molecule has 0 aromatic carbocycles. The predicted octanol–water partition coefficient (Wildman–Crippen LogP) is 0.307. The third-order valence-electron chi connectivity index (χ3n) is 3.04. The first kappa shape index (κ1) is 15.4. The molecule has 0 saturated carbocycles. The third-order valence-corrected chi connectivity index (χ3v) is 3.04. The van der Waals surface area contributed by atoms with Crippen LogP contribution in [0.15, 0.2) is 18.2 Å². The topological polar surface area (TPSA) is 108 Å². The van der Waals surface area contributed by atoms with Gasteiger partial charge < -0.3 is 21.3 Å². The Bertz CT molecular complexity index is 425. The Morgan fingerprint density at radius 2 is 2.26 bits per heavy atom. The molecular formula is C13H21N3O3.